The van der Waals surface area contributed by atoms with Gasteiger partial charge in [-0.1, -0.05) is 62.4 Å². The lowest BCUT2D eigenvalue weighted by Gasteiger charge is -2.41. The Bertz CT molecular complexity index is 590. The van der Waals surface area contributed by atoms with Gasteiger partial charge in [0.15, 0.2) is 0 Å². The molecule has 1 aliphatic rings. The summed E-state index contributed by atoms with van der Waals surface area (Å²) in [6.07, 6.45) is 0. The van der Waals surface area contributed by atoms with Crippen LogP contribution in [0, 0.1) is 11.8 Å². The fourth-order valence-corrected chi connectivity index (χ4v) is 4.14. The van der Waals surface area contributed by atoms with Gasteiger partial charge in [-0.2, -0.15) is 0 Å². The predicted molar refractivity (Wildman–Crippen MR) is 85.2 cm³/mol. The van der Waals surface area contributed by atoms with Crippen molar-refractivity contribution >= 4 is 0 Å². The average Bonchev–Trinajstić information content (AvgIpc) is 2.85. The van der Waals surface area contributed by atoms with Crippen molar-refractivity contribution in [1.29, 1.82) is 0 Å². The van der Waals surface area contributed by atoms with Crippen molar-refractivity contribution in [2.24, 2.45) is 11.8 Å². The van der Waals surface area contributed by atoms with E-state index in [0.717, 1.165) is 0 Å². The van der Waals surface area contributed by atoms with E-state index in [2.05, 4.69) is 50.2 Å². The molecule has 0 fully saturated rings. The topological polar surface area (TPSA) is 40.5 Å². The summed E-state index contributed by atoms with van der Waals surface area (Å²) in [6, 6.07) is 16.8. The number of benzene rings is 2. The molecule has 2 unspecified atom stereocenters. The van der Waals surface area contributed by atoms with Crippen molar-refractivity contribution in [2.75, 3.05) is 13.2 Å². The zero-order valence-electron chi connectivity index (χ0n) is 12.6. The third-order valence-electron chi connectivity index (χ3n) is 5.14. The first-order valence-electron chi connectivity index (χ1n) is 7.59. The number of aliphatic hydroxyl groups excluding tert-OH is 2. The minimum Gasteiger partial charge on any atom is -0.396 e. The Morgan fingerprint density at radius 3 is 1.52 bits per heavy atom. The van der Waals surface area contributed by atoms with Crippen LogP contribution in [0.4, 0.5) is 0 Å². The molecule has 3 rings (SSSR count). The number of fused-ring (bicyclic) bond motifs is 3. The van der Waals surface area contributed by atoms with Crippen LogP contribution in [0.1, 0.15) is 25.0 Å². The summed E-state index contributed by atoms with van der Waals surface area (Å²) < 4.78 is 0. The van der Waals surface area contributed by atoms with Gasteiger partial charge in [-0.05, 0) is 34.1 Å². The van der Waals surface area contributed by atoms with Crippen LogP contribution < -0.4 is 0 Å². The second-order valence-electron chi connectivity index (χ2n) is 6.13. The van der Waals surface area contributed by atoms with Crippen molar-refractivity contribution in [2.45, 2.75) is 19.3 Å². The van der Waals surface area contributed by atoms with Crippen LogP contribution in [0.3, 0.4) is 0 Å². The second-order valence-corrected chi connectivity index (χ2v) is 6.13. The SMILES string of the molecule is CC(CO)C1(C(C)CO)c2ccccc2-c2ccccc21. The van der Waals surface area contributed by atoms with Gasteiger partial charge in [-0.15, -0.1) is 0 Å². The first-order valence-corrected chi connectivity index (χ1v) is 7.59. The maximum Gasteiger partial charge on any atom is 0.0468 e. The molecule has 2 atom stereocenters. The summed E-state index contributed by atoms with van der Waals surface area (Å²) in [5, 5.41) is 19.7. The van der Waals surface area contributed by atoms with Gasteiger partial charge in [-0.25, -0.2) is 0 Å². The molecule has 1 aliphatic carbocycles. The smallest absolute Gasteiger partial charge is 0.0468 e. The summed E-state index contributed by atoms with van der Waals surface area (Å²) in [7, 11) is 0. The lowest BCUT2D eigenvalue weighted by atomic mass is 9.62. The van der Waals surface area contributed by atoms with E-state index in [-0.39, 0.29) is 30.5 Å². The lowest BCUT2D eigenvalue weighted by molar-refractivity contribution is 0.109. The zero-order valence-corrected chi connectivity index (χ0v) is 12.6. The molecule has 0 amide bonds. The van der Waals surface area contributed by atoms with Crippen LogP contribution in [-0.2, 0) is 5.41 Å². The number of rotatable bonds is 4. The monoisotopic (exact) mass is 282 g/mol. The highest BCUT2D eigenvalue weighted by Crippen LogP contribution is 2.56. The van der Waals surface area contributed by atoms with Gasteiger partial charge in [0.1, 0.15) is 0 Å². The molecule has 0 heterocycles. The van der Waals surface area contributed by atoms with Crippen LogP contribution in [0.25, 0.3) is 11.1 Å². The van der Waals surface area contributed by atoms with Crippen molar-refractivity contribution < 1.29 is 10.2 Å². The first kappa shape index (κ1) is 14.3. The molecule has 0 aromatic heterocycles. The molecular weight excluding hydrogens is 260 g/mol. The summed E-state index contributed by atoms with van der Waals surface area (Å²) in [5.74, 6) is 0.0916. The van der Waals surface area contributed by atoms with Gasteiger partial charge in [-0.3, -0.25) is 0 Å². The van der Waals surface area contributed by atoms with Crippen molar-refractivity contribution in [1.82, 2.24) is 0 Å². The van der Waals surface area contributed by atoms with Crippen LogP contribution in [0.15, 0.2) is 48.5 Å². The van der Waals surface area contributed by atoms with Crippen LogP contribution in [0.2, 0.25) is 0 Å². The second kappa shape index (κ2) is 5.28. The van der Waals surface area contributed by atoms with E-state index in [9.17, 15) is 10.2 Å². The third kappa shape index (κ3) is 1.79. The fourth-order valence-electron chi connectivity index (χ4n) is 4.14. The maximum atomic E-state index is 9.87. The molecule has 0 radical (unpaired) electrons. The molecule has 2 heteroatoms. The molecule has 2 aromatic carbocycles. The van der Waals surface area contributed by atoms with E-state index >= 15 is 0 Å². The highest BCUT2D eigenvalue weighted by Gasteiger charge is 2.49. The Hall–Kier alpha value is -1.64. The first-order chi connectivity index (χ1) is 10.2. The Morgan fingerprint density at radius 2 is 1.14 bits per heavy atom. The molecule has 2 N–H and O–H groups in total. The molecular formula is C19H22O2. The molecule has 0 spiro atoms. The lowest BCUT2D eigenvalue weighted by Crippen LogP contribution is -2.42. The fraction of sp³-hybridized carbons (Fsp3) is 0.368. The molecule has 0 saturated heterocycles. The van der Waals surface area contributed by atoms with E-state index in [1.807, 2.05) is 12.1 Å². The Labute approximate surface area is 126 Å². The van der Waals surface area contributed by atoms with Crippen LogP contribution in [0.5, 0.6) is 0 Å². The Morgan fingerprint density at radius 1 is 0.762 bits per heavy atom. The predicted octanol–water partition coefficient (Wildman–Crippen LogP) is 3.21. The van der Waals surface area contributed by atoms with Crippen molar-refractivity contribution in [3.8, 4) is 11.1 Å². The molecule has 0 aliphatic heterocycles. The standard InChI is InChI=1S/C19H22O2/c1-13(11-20)19(14(2)12-21)17-9-5-3-7-15(17)16-8-4-6-10-18(16)19/h3-10,13-14,20-21H,11-12H2,1-2H3. The summed E-state index contributed by atoms with van der Waals surface area (Å²) in [4.78, 5) is 0. The molecule has 2 aromatic rings. The van der Waals surface area contributed by atoms with E-state index in [4.69, 9.17) is 0 Å². The third-order valence-corrected chi connectivity index (χ3v) is 5.14. The average molecular weight is 282 g/mol. The Balaban J connectivity index is 2.38. The van der Waals surface area contributed by atoms with Gasteiger partial charge in [0.25, 0.3) is 0 Å². The minimum absolute atomic E-state index is 0.0458. The van der Waals surface area contributed by atoms with Crippen LogP contribution in [-0.4, -0.2) is 23.4 Å². The van der Waals surface area contributed by atoms with Gasteiger partial charge in [0, 0.05) is 18.6 Å². The summed E-state index contributed by atoms with van der Waals surface area (Å²) in [5.41, 5.74) is 4.60. The molecule has 110 valence electrons. The van der Waals surface area contributed by atoms with E-state index in [1.54, 1.807) is 0 Å². The van der Waals surface area contributed by atoms with E-state index in [1.165, 1.54) is 22.3 Å². The quantitative estimate of drug-likeness (QED) is 0.904. The van der Waals surface area contributed by atoms with Gasteiger partial charge in [0.05, 0.1) is 0 Å². The molecule has 0 saturated carbocycles. The summed E-state index contributed by atoms with van der Waals surface area (Å²) in [6.45, 7) is 4.36. The van der Waals surface area contributed by atoms with Crippen LogP contribution >= 0.6 is 0 Å². The molecule has 0 bridgehead atoms. The Kier molecular flexibility index (Phi) is 3.60. The van der Waals surface area contributed by atoms with E-state index < -0.39 is 0 Å². The normalized spacial score (nSPS) is 17.9. The highest BCUT2D eigenvalue weighted by atomic mass is 16.3. The van der Waals surface area contributed by atoms with Gasteiger partial charge >= 0.3 is 0 Å². The summed E-state index contributed by atoms with van der Waals surface area (Å²) >= 11 is 0. The number of aliphatic hydroxyl groups is 2. The molecule has 2 nitrogen and oxygen atoms in total. The largest absolute Gasteiger partial charge is 0.396 e. The zero-order chi connectivity index (χ0) is 15.0. The van der Waals surface area contributed by atoms with Gasteiger partial charge < -0.3 is 10.2 Å². The van der Waals surface area contributed by atoms with Crippen molar-refractivity contribution in [3.05, 3.63) is 59.7 Å². The maximum absolute atomic E-state index is 9.87. The van der Waals surface area contributed by atoms with Crippen molar-refractivity contribution in [3.63, 3.8) is 0 Å². The molecule has 21 heavy (non-hydrogen) atoms. The van der Waals surface area contributed by atoms with E-state index in [0.29, 0.717) is 0 Å². The number of hydrogen-bond donors (Lipinski definition) is 2. The minimum atomic E-state index is -0.323. The highest BCUT2D eigenvalue weighted by molar-refractivity contribution is 5.81. The van der Waals surface area contributed by atoms with Gasteiger partial charge in [0.2, 0.25) is 0 Å². The number of hydrogen-bond acceptors (Lipinski definition) is 2.